The van der Waals surface area contributed by atoms with E-state index in [9.17, 15) is 9.59 Å². The third kappa shape index (κ3) is 5.31. The van der Waals surface area contributed by atoms with E-state index in [4.69, 9.17) is 14.6 Å². The zero-order chi connectivity index (χ0) is 17.4. The predicted molar refractivity (Wildman–Crippen MR) is 89.8 cm³/mol. The molecular formula is C18H19NO5. The zero-order valence-electron chi connectivity index (χ0n) is 13.3. The van der Waals surface area contributed by atoms with Crippen molar-refractivity contribution < 1.29 is 24.2 Å². The highest BCUT2D eigenvalue weighted by Gasteiger charge is 2.06. The summed E-state index contributed by atoms with van der Waals surface area (Å²) in [6, 6.07) is 13.7. The van der Waals surface area contributed by atoms with E-state index >= 15 is 0 Å². The fraction of sp³-hybridized carbons (Fsp3) is 0.222. The molecule has 0 aliphatic carbocycles. The lowest BCUT2D eigenvalue weighted by Crippen LogP contribution is -2.11. The minimum absolute atomic E-state index is 0.0718. The maximum absolute atomic E-state index is 12.2. The number of carboxylic acids is 1. The van der Waals surface area contributed by atoms with Crippen LogP contribution in [0, 0.1) is 0 Å². The van der Waals surface area contributed by atoms with Gasteiger partial charge in [-0.3, -0.25) is 9.59 Å². The first kappa shape index (κ1) is 17.3. The van der Waals surface area contributed by atoms with Gasteiger partial charge in [0.25, 0.3) is 5.91 Å². The number of carbonyl (C=O) groups excluding carboxylic acids is 1. The second-order valence-electron chi connectivity index (χ2n) is 5.05. The molecular weight excluding hydrogens is 310 g/mol. The Morgan fingerprint density at radius 2 is 1.62 bits per heavy atom. The highest BCUT2D eigenvalue weighted by atomic mass is 16.5. The fourth-order valence-electron chi connectivity index (χ4n) is 1.99. The van der Waals surface area contributed by atoms with Crippen LogP contribution in [0.4, 0.5) is 5.69 Å². The first-order chi connectivity index (χ1) is 11.6. The quantitative estimate of drug-likeness (QED) is 0.727. The van der Waals surface area contributed by atoms with Gasteiger partial charge in [-0.25, -0.2) is 0 Å². The third-order valence-electron chi connectivity index (χ3n) is 3.27. The highest BCUT2D eigenvalue weighted by Crippen LogP contribution is 2.17. The number of ether oxygens (including phenoxy) is 2. The average molecular weight is 329 g/mol. The largest absolute Gasteiger partial charge is 0.497 e. The van der Waals surface area contributed by atoms with Gasteiger partial charge >= 0.3 is 5.97 Å². The van der Waals surface area contributed by atoms with E-state index < -0.39 is 5.97 Å². The molecule has 2 aromatic rings. The molecule has 6 heteroatoms. The Morgan fingerprint density at radius 3 is 2.21 bits per heavy atom. The number of hydrogen-bond donors (Lipinski definition) is 2. The van der Waals surface area contributed by atoms with Gasteiger partial charge < -0.3 is 19.9 Å². The fourth-order valence-corrected chi connectivity index (χ4v) is 1.99. The molecule has 0 bridgehead atoms. The van der Waals surface area contributed by atoms with Crippen LogP contribution in [-0.4, -0.2) is 30.7 Å². The summed E-state index contributed by atoms with van der Waals surface area (Å²) in [4.78, 5) is 22.6. The van der Waals surface area contributed by atoms with Crippen LogP contribution < -0.4 is 14.8 Å². The first-order valence-electron chi connectivity index (χ1n) is 7.48. The molecule has 2 N–H and O–H groups in total. The normalized spacial score (nSPS) is 10.0. The summed E-state index contributed by atoms with van der Waals surface area (Å²) < 4.78 is 10.5. The summed E-state index contributed by atoms with van der Waals surface area (Å²) in [6.07, 6.45) is 0.511. The SMILES string of the molecule is COc1ccc(NC(=O)c2ccc(OCCCC(=O)O)cc2)cc1. The smallest absolute Gasteiger partial charge is 0.303 e. The van der Waals surface area contributed by atoms with Gasteiger partial charge in [0, 0.05) is 17.7 Å². The Kier molecular flexibility index (Phi) is 6.19. The maximum atomic E-state index is 12.2. The Balaban J connectivity index is 1.87. The lowest BCUT2D eigenvalue weighted by molar-refractivity contribution is -0.137. The monoisotopic (exact) mass is 329 g/mol. The van der Waals surface area contributed by atoms with Crippen LogP contribution in [0.1, 0.15) is 23.2 Å². The Hall–Kier alpha value is -3.02. The molecule has 0 saturated carbocycles. The summed E-state index contributed by atoms with van der Waals surface area (Å²) in [5.41, 5.74) is 1.18. The Morgan fingerprint density at radius 1 is 1.00 bits per heavy atom. The minimum Gasteiger partial charge on any atom is -0.497 e. The molecule has 0 saturated heterocycles. The average Bonchev–Trinajstić information content (AvgIpc) is 2.59. The van der Waals surface area contributed by atoms with Crippen LogP contribution in [0.15, 0.2) is 48.5 Å². The van der Waals surface area contributed by atoms with Crippen molar-refractivity contribution in [3.8, 4) is 11.5 Å². The Labute approximate surface area is 140 Å². The topological polar surface area (TPSA) is 84.9 Å². The summed E-state index contributed by atoms with van der Waals surface area (Å²) in [7, 11) is 1.58. The van der Waals surface area contributed by atoms with Crippen LogP contribution in [0.3, 0.4) is 0 Å². The molecule has 6 nitrogen and oxygen atoms in total. The number of hydrogen-bond acceptors (Lipinski definition) is 4. The molecule has 0 radical (unpaired) electrons. The minimum atomic E-state index is -0.843. The van der Waals surface area contributed by atoms with Crippen molar-refractivity contribution in [2.75, 3.05) is 19.0 Å². The molecule has 2 rings (SSSR count). The van der Waals surface area contributed by atoms with Gasteiger partial charge in [0.15, 0.2) is 0 Å². The lowest BCUT2D eigenvalue weighted by atomic mass is 10.2. The molecule has 0 unspecified atom stereocenters. The molecule has 24 heavy (non-hydrogen) atoms. The van der Waals surface area contributed by atoms with Crippen LogP contribution in [0.5, 0.6) is 11.5 Å². The van der Waals surface area contributed by atoms with Crippen molar-refractivity contribution in [2.24, 2.45) is 0 Å². The van der Waals surface area contributed by atoms with E-state index in [0.29, 0.717) is 30.0 Å². The van der Waals surface area contributed by atoms with Crippen LogP contribution in [0.25, 0.3) is 0 Å². The van der Waals surface area contributed by atoms with Crippen molar-refractivity contribution in [1.82, 2.24) is 0 Å². The highest BCUT2D eigenvalue weighted by molar-refractivity contribution is 6.04. The van der Waals surface area contributed by atoms with Gasteiger partial charge in [-0.2, -0.15) is 0 Å². The number of carboxylic acid groups (broad SMARTS) is 1. The predicted octanol–water partition coefficient (Wildman–Crippen LogP) is 3.19. The van der Waals surface area contributed by atoms with Gasteiger partial charge in [-0.15, -0.1) is 0 Å². The van der Waals surface area contributed by atoms with E-state index in [1.807, 2.05) is 0 Å². The maximum Gasteiger partial charge on any atom is 0.303 e. The molecule has 0 fully saturated rings. The van der Waals surface area contributed by atoms with Crippen LogP contribution >= 0.6 is 0 Å². The standard InChI is InChI=1S/C18H19NO5/c1-23-15-10-6-14(7-11-15)19-18(22)13-4-8-16(9-5-13)24-12-2-3-17(20)21/h4-11H,2-3,12H2,1H3,(H,19,22)(H,20,21). The molecule has 0 aliphatic rings. The summed E-state index contributed by atoms with van der Waals surface area (Å²) >= 11 is 0. The van der Waals surface area contributed by atoms with E-state index in [-0.39, 0.29) is 12.3 Å². The summed E-state index contributed by atoms with van der Waals surface area (Å²) in [5, 5.41) is 11.3. The van der Waals surface area contributed by atoms with Gasteiger partial charge in [0.1, 0.15) is 11.5 Å². The lowest BCUT2D eigenvalue weighted by Gasteiger charge is -2.08. The molecule has 126 valence electrons. The second-order valence-corrected chi connectivity index (χ2v) is 5.05. The summed E-state index contributed by atoms with van der Waals surface area (Å²) in [5.74, 6) is 0.250. The van der Waals surface area contributed by atoms with Crippen molar-refractivity contribution in [1.29, 1.82) is 0 Å². The van der Waals surface area contributed by atoms with E-state index in [0.717, 1.165) is 5.75 Å². The molecule has 0 aromatic heterocycles. The van der Waals surface area contributed by atoms with Gasteiger partial charge in [-0.05, 0) is 55.0 Å². The number of amides is 1. The number of carbonyl (C=O) groups is 2. The number of aliphatic carboxylic acids is 1. The van der Waals surface area contributed by atoms with E-state index in [1.165, 1.54) is 0 Å². The van der Waals surface area contributed by atoms with Crippen molar-refractivity contribution in [3.05, 3.63) is 54.1 Å². The molecule has 0 heterocycles. The van der Waals surface area contributed by atoms with Gasteiger partial charge in [-0.1, -0.05) is 0 Å². The zero-order valence-corrected chi connectivity index (χ0v) is 13.3. The number of methoxy groups -OCH3 is 1. The molecule has 0 atom stereocenters. The van der Waals surface area contributed by atoms with E-state index in [2.05, 4.69) is 5.32 Å². The van der Waals surface area contributed by atoms with Crippen LogP contribution in [-0.2, 0) is 4.79 Å². The molecule has 1 amide bonds. The van der Waals surface area contributed by atoms with Crippen LogP contribution in [0.2, 0.25) is 0 Å². The molecule has 0 spiro atoms. The molecule has 0 aliphatic heterocycles. The van der Waals surface area contributed by atoms with Crippen molar-refractivity contribution >= 4 is 17.6 Å². The first-order valence-corrected chi connectivity index (χ1v) is 7.48. The van der Waals surface area contributed by atoms with Gasteiger partial charge in [0.2, 0.25) is 0 Å². The number of nitrogens with one attached hydrogen (secondary N) is 1. The third-order valence-corrected chi connectivity index (χ3v) is 3.27. The number of rotatable bonds is 8. The summed E-state index contributed by atoms with van der Waals surface area (Å²) in [6.45, 7) is 0.323. The Bertz CT molecular complexity index is 680. The number of benzene rings is 2. The van der Waals surface area contributed by atoms with Gasteiger partial charge in [0.05, 0.1) is 13.7 Å². The van der Waals surface area contributed by atoms with Crippen molar-refractivity contribution in [2.45, 2.75) is 12.8 Å². The van der Waals surface area contributed by atoms with Crippen molar-refractivity contribution in [3.63, 3.8) is 0 Å². The molecule has 2 aromatic carbocycles. The van der Waals surface area contributed by atoms with E-state index in [1.54, 1.807) is 55.6 Å². The second kappa shape index (κ2) is 8.57. The number of anilines is 1.